The van der Waals surface area contributed by atoms with Crippen LogP contribution in [0.25, 0.3) is 10.2 Å². The van der Waals surface area contributed by atoms with E-state index in [0.717, 1.165) is 45.0 Å². The third-order valence-corrected chi connectivity index (χ3v) is 5.73. The van der Waals surface area contributed by atoms with E-state index in [9.17, 15) is 4.79 Å². The highest BCUT2D eigenvalue weighted by atomic mass is 32.1. The minimum Gasteiger partial charge on any atom is -0.340 e. The van der Waals surface area contributed by atoms with E-state index < -0.39 is 0 Å². The van der Waals surface area contributed by atoms with Gasteiger partial charge < -0.3 is 4.90 Å². The van der Waals surface area contributed by atoms with Crippen LogP contribution in [0.3, 0.4) is 0 Å². The average Bonchev–Trinajstić information content (AvgIpc) is 3.02. The Balaban J connectivity index is 1.98. The first kappa shape index (κ1) is 19.5. The summed E-state index contributed by atoms with van der Waals surface area (Å²) in [5.74, 6) is 0.0423. The van der Waals surface area contributed by atoms with Gasteiger partial charge in [-0.15, -0.1) is 0 Å². The molecule has 4 nitrogen and oxygen atoms in total. The van der Waals surface area contributed by atoms with Gasteiger partial charge in [-0.2, -0.15) is 0 Å². The van der Waals surface area contributed by atoms with E-state index in [0.29, 0.717) is 6.54 Å². The number of carbonyl (C=O) groups is 1. The zero-order chi connectivity index (χ0) is 19.6. The number of anilines is 1. The van der Waals surface area contributed by atoms with Gasteiger partial charge >= 0.3 is 0 Å². The number of rotatable bonds is 6. The van der Waals surface area contributed by atoms with Crippen molar-refractivity contribution >= 4 is 32.6 Å². The molecule has 3 aromatic rings. The molecule has 0 bridgehead atoms. The van der Waals surface area contributed by atoms with Crippen LogP contribution in [-0.4, -0.2) is 38.1 Å². The molecule has 0 aliphatic rings. The molecule has 1 N–H and O–H groups in total. The number of benzene rings is 2. The van der Waals surface area contributed by atoms with Crippen LogP contribution in [-0.2, 0) is 0 Å². The summed E-state index contributed by atoms with van der Waals surface area (Å²) in [5.41, 5.74) is 5.04. The van der Waals surface area contributed by atoms with Crippen molar-refractivity contribution in [3.05, 3.63) is 58.7 Å². The molecule has 27 heavy (non-hydrogen) atoms. The SMILES string of the molecule is Cc1ccc(C)c(C(=O)N(CCC[NH+](C)C)c2nc3ccc(C)cc3s2)c1. The van der Waals surface area contributed by atoms with E-state index in [1.54, 1.807) is 11.3 Å². The van der Waals surface area contributed by atoms with Crippen molar-refractivity contribution in [2.75, 3.05) is 32.1 Å². The average molecular weight is 383 g/mol. The number of carbonyl (C=O) groups excluding carboxylic acids is 1. The number of hydrogen-bond acceptors (Lipinski definition) is 3. The molecule has 0 radical (unpaired) electrons. The lowest BCUT2D eigenvalue weighted by Crippen LogP contribution is -3.05. The fourth-order valence-electron chi connectivity index (χ4n) is 3.12. The number of amides is 1. The molecule has 3 rings (SSSR count). The molecule has 5 heteroatoms. The van der Waals surface area contributed by atoms with Gasteiger partial charge in [-0.1, -0.05) is 35.1 Å². The second-order valence-electron chi connectivity index (χ2n) is 7.55. The van der Waals surface area contributed by atoms with Gasteiger partial charge in [0.2, 0.25) is 0 Å². The maximum absolute atomic E-state index is 13.4. The van der Waals surface area contributed by atoms with Crippen LogP contribution in [0.1, 0.15) is 33.5 Å². The van der Waals surface area contributed by atoms with E-state index in [1.165, 1.54) is 10.5 Å². The van der Waals surface area contributed by atoms with Gasteiger partial charge in [-0.3, -0.25) is 9.69 Å². The van der Waals surface area contributed by atoms with Crippen LogP contribution in [0.5, 0.6) is 0 Å². The molecule has 0 aliphatic heterocycles. The number of thiazole rings is 1. The summed E-state index contributed by atoms with van der Waals surface area (Å²) in [6.07, 6.45) is 0.938. The Hall–Kier alpha value is -2.24. The summed E-state index contributed by atoms with van der Waals surface area (Å²) < 4.78 is 1.13. The van der Waals surface area contributed by atoms with Crippen molar-refractivity contribution in [1.29, 1.82) is 0 Å². The second kappa shape index (κ2) is 8.19. The second-order valence-corrected chi connectivity index (χ2v) is 8.56. The standard InChI is InChI=1S/C22H27N3OS/c1-15-7-9-17(3)18(13-15)21(26)25(12-6-11-24(4)5)22-23-19-10-8-16(2)14-20(19)27-22/h7-10,13-14H,6,11-12H2,1-5H3/p+1. The van der Waals surface area contributed by atoms with Crippen molar-refractivity contribution in [1.82, 2.24) is 4.98 Å². The summed E-state index contributed by atoms with van der Waals surface area (Å²) in [7, 11) is 4.27. The summed E-state index contributed by atoms with van der Waals surface area (Å²) >= 11 is 1.60. The molecule has 0 unspecified atom stereocenters. The fourth-order valence-corrected chi connectivity index (χ4v) is 4.21. The summed E-state index contributed by atoms with van der Waals surface area (Å²) in [6.45, 7) is 7.79. The van der Waals surface area contributed by atoms with Crippen LogP contribution in [0, 0.1) is 20.8 Å². The van der Waals surface area contributed by atoms with E-state index in [2.05, 4.69) is 33.2 Å². The van der Waals surface area contributed by atoms with Gasteiger partial charge in [0.15, 0.2) is 5.13 Å². The lowest BCUT2D eigenvalue weighted by molar-refractivity contribution is -0.858. The zero-order valence-electron chi connectivity index (χ0n) is 16.8. The van der Waals surface area contributed by atoms with Crippen molar-refractivity contribution in [3.8, 4) is 0 Å². The molecule has 1 aromatic heterocycles. The fraction of sp³-hybridized carbons (Fsp3) is 0.364. The smallest absolute Gasteiger partial charge is 0.260 e. The molecule has 0 atom stereocenters. The number of hydrogen-bond donors (Lipinski definition) is 1. The molecule has 1 amide bonds. The first-order valence-corrected chi connectivity index (χ1v) is 10.2. The molecule has 1 heterocycles. The van der Waals surface area contributed by atoms with Crippen molar-refractivity contribution in [2.45, 2.75) is 27.2 Å². The number of nitrogens with one attached hydrogen (secondary N) is 1. The number of quaternary nitrogens is 1. The largest absolute Gasteiger partial charge is 0.340 e. The van der Waals surface area contributed by atoms with E-state index in [-0.39, 0.29) is 5.91 Å². The predicted molar refractivity (Wildman–Crippen MR) is 114 cm³/mol. The van der Waals surface area contributed by atoms with Crippen LogP contribution in [0.4, 0.5) is 5.13 Å². The lowest BCUT2D eigenvalue weighted by Gasteiger charge is -2.21. The van der Waals surface area contributed by atoms with Gasteiger partial charge in [0, 0.05) is 18.5 Å². The third kappa shape index (κ3) is 4.54. The molecule has 2 aromatic carbocycles. The summed E-state index contributed by atoms with van der Waals surface area (Å²) in [4.78, 5) is 21.4. The molecular formula is C22H28N3OS+. The van der Waals surface area contributed by atoms with Gasteiger partial charge in [-0.25, -0.2) is 4.98 Å². The van der Waals surface area contributed by atoms with E-state index >= 15 is 0 Å². The Bertz CT molecular complexity index is 961. The van der Waals surface area contributed by atoms with Crippen LogP contribution >= 0.6 is 11.3 Å². The van der Waals surface area contributed by atoms with Crippen molar-refractivity contribution in [3.63, 3.8) is 0 Å². The third-order valence-electron chi connectivity index (χ3n) is 4.69. The molecule has 0 saturated heterocycles. The van der Waals surface area contributed by atoms with Gasteiger partial charge in [-0.05, 0) is 50.1 Å². The Labute approximate surface area is 165 Å². The van der Waals surface area contributed by atoms with Crippen molar-refractivity contribution < 1.29 is 9.69 Å². The first-order chi connectivity index (χ1) is 12.8. The molecule has 0 spiro atoms. The number of aryl methyl sites for hydroxylation is 3. The predicted octanol–water partition coefficient (Wildman–Crippen LogP) is 3.40. The lowest BCUT2D eigenvalue weighted by atomic mass is 10.0. The van der Waals surface area contributed by atoms with Crippen LogP contribution in [0.15, 0.2) is 36.4 Å². The topological polar surface area (TPSA) is 37.6 Å². The normalized spacial score (nSPS) is 11.3. The van der Waals surface area contributed by atoms with E-state index in [4.69, 9.17) is 4.98 Å². The molecule has 142 valence electrons. The Morgan fingerprint density at radius 1 is 1.07 bits per heavy atom. The van der Waals surface area contributed by atoms with Crippen LogP contribution in [0.2, 0.25) is 0 Å². The molecule has 0 aliphatic carbocycles. The monoisotopic (exact) mass is 382 g/mol. The highest BCUT2D eigenvalue weighted by molar-refractivity contribution is 7.22. The number of nitrogens with zero attached hydrogens (tertiary/aromatic N) is 2. The molecule has 0 saturated carbocycles. The van der Waals surface area contributed by atoms with Crippen LogP contribution < -0.4 is 9.80 Å². The Morgan fingerprint density at radius 2 is 1.78 bits per heavy atom. The minimum absolute atomic E-state index is 0.0423. The van der Waals surface area contributed by atoms with Gasteiger partial charge in [0.05, 0.1) is 30.9 Å². The van der Waals surface area contributed by atoms with Crippen molar-refractivity contribution in [2.24, 2.45) is 0 Å². The molecular weight excluding hydrogens is 354 g/mol. The number of fused-ring (bicyclic) bond motifs is 1. The highest BCUT2D eigenvalue weighted by Gasteiger charge is 2.23. The van der Waals surface area contributed by atoms with Gasteiger partial charge in [0.1, 0.15) is 0 Å². The first-order valence-electron chi connectivity index (χ1n) is 9.40. The summed E-state index contributed by atoms with van der Waals surface area (Å²) in [5, 5.41) is 0.787. The number of aromatic nitrogens is 1. The Morgan fingerprint density at radius 3 is 2.52 bits per heavy atom. The van der Waals surface area contributed by atoms with E-state index in [1.807, 2.05) is 43.0 Å². The molecule has 0 fully saturated rings. The minimum atomic E-state index is 0.0423. The highest BCUT2D eigenvalue weighted by Crippen LogP contribution is 2.31. The summed E-state index contributed by atoms with van der Waals surface area (Å²) in [6, 6.07) is 12.3. The zero-order valence-corrected chi connectivity index (χ0v) is 17.6. The maximum Gasteiger partial charge on any atom is 0.260 e. The maximum atomic E-state index is 13.4. The van der Waals surface area contributed by atoms with Gasteiger partial charge in [0.25, 0.3) is 5.91 Å². The quantitative estimate of drug-likeness (QED) is 0.709. The Kier molecular flexibility index (Phi) is 5.92.